The third kappa shape index (κ3) is 4.33. The van der Waals surface area contributed by atoms with E-state index < -0.39 is 6.03 Å². The highest BCUT2D eigenvalue weighted by atomic mass is 32.1. The summed E-state index contributed by atoms with van der Waals surface area (Å²) in [5.74, 6) is 0.934. The summed E-state index contributed by atoms with van der Waals surface area (Å²) in [6.07, 6.45) is 1.54. The molecule has 10 heteroatoms. The lowest BCUT2D eigenvalue weighted by molar-refractivity contribution is 0.262. The van der Waals surface area contributed by atoms with Crippen LogP contribution in [-0.4, -0.2) is 26.0 Å². The number of anilines is 2. The molecule has 3 aromatic heterocycles. The Morgan fingerprint density at radius 1 is 1.17 bits per heavy atom. The summed E-state index contributed by atoms with van der Waals surface area (Å²) in [5, 5.41) is 7.97. The number of thiazole rings is 1. The second kappa shape index (κ2) is 7.64. The Hall–Kier alpha value is -3.66. The van der Waals surface area contributed by atoms with Crippen molar-refractivity contribution in [1.29, 1.82) is 0 Å². The van der Waals surface area contributed by atoms with E-state index in [1.165, 1.54) is 17.5 Å². The number of nitrogens with one attached hydrogen (secondary N) is 4. The summed E-state index contributed by atoms with van der Waals surface area (Å²) >= 11 is 1.38. The second-order valence-electron chi connectivity index (χ2n) is 7.61. The molecule has 0 saturated heterocycles. The first kappa shape index (κ1) is 19.6. The number of benzene rings is 1. The summed E-state index contributed by atoms with van der Waals surface area (Å²) in [6, 6.07) is 8.17. The number of nitrogens with zero attached hydrogens (tertiary/aromatic N) is 2. The molecule has 4 rings (SSSR count). The van der Waals surface area contributed by atoms with Gasteiger partial charge in [-0.2, -0.15) is 0 Å². The molecule has 2 amide bonds. The zero-order chi connectivity index (χ0) is 21.3. The molecular formula is C20H20N6O3S. The van der Waals surface area contributed by atoms with Crippen molar-refractivity contribution < 1.29 is 9.53 Å². The maximum atomic E-state index is 12.3. The average molecular weight is 424 g/mol. The maximum absolute atomic E-state index is 12.3. The van der Waals surface area contributed by atoms with Gasteiger partial charge in [-0.25, -0.2) is 19.6 Å². The van der Waals surface area contributed by atoms with Crippen LogP contribution in [0.25, 0.3) is 11.2 Å². The van der Waals surface area contributed by atoms with Crippen LogP contribution in [0, 0.1) is 0 Å². The predicted octanol–water partition coefficient (Wildman–Crippen LogP) is 4.44. The molecule has 3 heterocycles. The molecule has 154 valence electrons. The minimum absolute atomic E-state index is 0.0826. The predicted molar refractivity (Wildman–Crippen MR) is 117 cm³/mol. The molecule has 0 aliphatic rings. The number of amides is 2. The number of H-pyrrole nitrogens is 2. The second-order valence-corrected chi connectivity index (χ2v) is 8.47. The summed E-state index contributed by atoms with van der Waals surface area (Å²) < 4.78 is 5.87. The smallest absolute Gasteiger partial charge is 0.325 e. The van der Waals surface area contributed by atoms with E-state index in [9.17, 15) is 9.59 Å². The first-order valence-corrected chi connectivity index (χ1v) is 10.0. The summed E-state index contributed by atoms with van der Waals surface area (Å²) in [7, 11) is 0. The fourth-order valence-electron chi connectivity index (χ4n) is 2.70. The average Bonchev–Trinajstić information content (AvgIpc) is 3.28. The molecule has 0 saturated carbocycles. The van der Waals surface area contributed by atoms with Crippen molar-refractivity contribution in [3.63, 3.8) is 0 Å². The van der Waals surface area contributed by atoms with Crippen LogP contribution in [0.15, 0.2) is 46.7 Å². The number of ether oxygens (including phenoxy) is 1. The van der Waals surface area contributed by atoms with Crippen molar-refractivity contribution in [2.24, 2.45) is 0 Å². The normalized spacial score (nSPS) is 11.4. The fraction of sp³-hybridized carbons (Fsp3) is 0.200. The van der Waals surface area contributed by atoms with Gasteiger partial charge >= 0.3 is 11.7 Å². The summed E-state index contributed by atoms with van der Waals surface area (Å²) in [5.41, 5.74) is 1.90. The van der Waals surface area contributed by atoms with E-state index in [2.05, 4.69) is 51.3 Å². The van der Waals surface area contributed by atoms with Gasteiger partial charge in [0.25, 0.3) is 0 Å². The lowest BCUT2D eigenvalue weighted by Crippen LogP contribution is -2.19. The van der Waals surface area contributed by atoms with Gasteiger partial charge in [0.15, 0.2) is 16.5 Å². The van der Waals surface area contributed by atoms with Crippen molar-refractivity contribution in [3.8, 4) is 11.5 Å². The largest absolute Gasteiger partial charge is 0.455 e. The van der Waals surface area contributed by atoms with E-state index in [0.29, 0.717) is 33.5 Å². The van der Waals surface area contributed by atoms with Crippen molar-refractivity contribution in [1.82, 2.24) is 19.9 Å². The summed E-state index contributed by atoms with van der Waals surface area (Å²) in [6.45, 7) is 6.20. The number of urea groups is 1. The number of aromatic amines is 2. The lowest BCUT2D eigenvalue weighted by Gasteiger charge is -2.14. The van der Waals surface area contributed by atoms with E-state index in [-0.39, 0.29) is 11.1 Å². The highest BCUT2D eigenvalue weighted by Crippen LogP contribution is 2.28. The first-order chi connectivity index (χ1) is 14.3. The Balaban J connectivity index is 1.46. The van der Waals surface area contributed by atoms with Gasteiger partial charge in [-0.15, -0.1) is 11.3 Å². The number of fused-ring (bicyclic) bond motifs is 1. The highest BCUT2D eigenvalue weighted by Gasteiger charge is 2.18. The molecule has 30 heavy (non-hydrogen) atoms. The number of hydrogen-bond acceptors (Lipinski definition) is 6. The lowest BCUT2D eigenvalue weighted by atomic mass is 9.93. The van der Waals surface area contributed by atoms with Gasteiger partial charge in [0.05, 0.1) is 5.69 Å². The maximum Gasteiger partial charge on any atom is 0.325 e. The van der Waals surface area contributed by atoms with Gasteiger partial charge < -0.3 is 15.0 Å². The molecule has 0 unspecified atom stereocenters. The van der Waals surface area contributed by atoms with E-state index >= 15 is 0 Å². The highest BCUT2D eigenvalue weighted by molar-refractivity contribution is 7.14. The van der Waals surface area contributed by atoms with Crippen LogP contribution in [0.4, 0.5) is 15.6 Å². The van der Waals surface area contributed by atoms with E-state index in [1.54, 1.807) is 30.3 Å². The monoisotopic (exact) mass is 424 g/mol. The third-order valence-corrected chi connectivity index (χ3v) is 4.95. The Kier molecular flexibility index (Phi) is 5.00. The van der Waals surface area contributed by atoms with Gasteiger partial charge in [-0.3, -0.25) is 10.3 Å². The minimum Gasteiger partial charge on any atom is -0.455 e. The topological polar surface area (TPSA) is 125 Å². The molecule has 9 nitrogen and oxygen atoms in total. The quantitative estimate of drug-likeness (QED) is 0.385. The molecule has 1 aromatic carbocycles. The van der Waals surface area contributed by atoms with Crippen LogP contribution in [-0.2, 0) is 5.41 Å². The Labute approximate surface area is 175 Å². The van der Waals surface area contributed by atoms with Crippen LogP contribution < -0.4 is 21.1 Å². The zero-order valence-electron chi connectivity index (χ0n) is 16.6. The molecule has 0 spiro atoms. The number of hydrogen-bond donors (Lipinski definition) is 4. The van der Waals surface area contributed by atoms with Crippen molar-refractivity contribution in [2.45, 2.75) is 26.2 Å². The molecule has 0 fully saturated rings. The number of rotatable bonds is 4. The molecule has 0 aliphatic carbocycles. The van der Waals surface area contributed by atoms with Gasteiger partial charge in [0.2, 0.25) is 0 Å². The van der Waals surface area contributed by atoms with Crippen LogP contribution in [0.5, 0.6) is 11.5 Å². The van der Waals surface area contributed by atoms with Crippen LogP contribution in [0.3, 0.4) is 0 Å². The van der Waals surface area contributed by atoms with Crippen LogP contribution in [0.1, 0.15) is 26.5 Å². The molecule has 4 aromatic rings. The SMILES string of the molecule is CC(C)(C)c1csc(NC(=O)Nc2cccc(Oc3ccnc4[nH]c(=O)[nH]c34)c2)n1. The number of pyridine rings is 1. The van der Waals surface area contributed by atoms with Gasteiger partial charge in [0.1, 0.15) is 11.3 Å². The number of carbonyl (C=O) groups excluding carboxylic acids is 1. The standard InChI is InChI=1S/C20H20N6O3S/c1-20(2,3)14-10-30-19(23-14)26-17(27)22-11-5-4-6-12(9-11)29-13-7-8-21-16-15(13)24-18(28)25-16/h4-10H,1-3H3,(H2,21,24,25,28)(H2,22,23,26,27). The summed E-state index contributed by atoms with van der Waals surface area (Å²) in [4.78, 5) is 37.6. The molecule has 0 bridgehead atoms. The minimum atomic E-state index is -0.400. The molecular weight excluding hydrogens is 404 g/mol. The molecule has 0 aliphatic heterocycles. The van der Waals surface area contributed by atoms with Crippen molar-refractivity contribution in [3.05, 3.63) is 58.1 Å². The van der Waals surface area contributed by atoms with Crippen LogP contribution in [0.2, 0.25) is 0 Å². The van der Waals surface area contributed by atoms with Crippen LogP contribution >= 0.6 is 11.3 Å². The van der Waals surface area contributed by atoms with E-state index in [0.717, 1.165) is 5.69 Å². The Morgan fingerprint density at radius 3 is 2.77 bits per heavy atom. The Bertz CT molecular complexity index is 1270. The van der Waals surface area contributed by atoms with E-state index in [1.807, 2.05) is 5.38 Å². The molecule has 4 N–H and O–H groups in total. The number of imidazole rings is 1. The number of carbonyl (C=O) groups is 1. The van der Waals surface area contributed by atoms with E-state index in [4.69, 9.17) is 4.74 Å². The zero-order valence-corrected chi connectivity index (χ0v) is 17.4. The number of aromatic nitrogens is 4. The van der Waals surface area contributed by atoms with Gasteiger partial charge in [-0.1, -0.05) is 26.8 Å². The Morgan fingerprint density at radius 2 is 2.00 bits per heavy atom. The first-order valence-electron chi connectivity index (χ1n) is 9.17. The molecule has 0 atom stereocenters. The van der Waals surface area contributed by atoms with Crippen molar-refractivity contribution >= 4 is 39.4 Å². The third-order valence-electron chi connectivity index (χ3n) is 4.20. The van der Waals surface area contributed by atoms with Gasteiger partial charge in [-0.05, 0) is 12.1 Å². The molecule has 0 radical (unpaired) electrons. The van der Waals surface area contributed by atoms with Crippen molar-refractivity contribution in [2.75, 3.05) is 10.6 Å². The van der Waals surface area contributed by atoms with Gasteiger partial charge in [0, 0.05) is 34.8 Å². The fourth-order valence-corrected chi connectivity index (χ4v) is 3.63.